The molecule has 2 N–H and O–H groups in total. The number of nitrogens with one attached hydrogen (secondary N) is 2. The van der Waals surface area contributed by atoms with E-state index >= 15 is 0 Å². The lowest BCUT2D eigenvalue weighted by Gasteiger charge is -2.14. The summed E-state index contributed by atoms with van der Waals surface area (Å²) in [6.07, 6.45) is 7.09. The van der Waals surface area contributed by atoms with Crippen molar-refractivity contribution < 1.29 is 4.79 Å². The molecule has 0 aromatic rings. The number of hydrogen-bond donors (Lipinski definition) is 2. The van der Waals surface area contributed by atoms with E-state index in [1.807, 2.05) is 7.05 Å². The van der Waals surface area contributed by atoms with Gasteiger partial charge < -0.3 is 10.6 Å². The maximum Gasteiger partial charge on any atom is 0.220 e. The molecule has 0 heterocycles. The third kappa shape index (κ3) is 2.94. The van der Waals surface area contributed by atoms with Crippen LogP contribution in [0.15, 0.2) is 0 Å². The summed E-state index contributed by atoms with van der Waals surface area (Å²) in [4.78, 5) is 11.5. The Morgan fingerprint density at radius 3 is 2.67 bits per heavy atom. The average Bonchev–Trinajstić information content (AvgIpc) is 3.06. The van der Waals surface area contributed by atoms with E-state index in [0.717, 1.165) is 25.4 Å². The topological polar surface area (TPSA) is 41.1 Å². The van der Waals surface area contributed by atoms with Gasteiger partial charge in [0.05, 0.1) is 0 Å². The van der Waals surface area contributed by atoms with Gasteiger partial charge in [-0.1, -0.05) is 0 Å². The molecule has 0 atom stereocenters. The van der Waals surface area contributed by atoms with Crippen molar-refractivity contribution in [1.29, 1.82) is 0 Å². The lowest BCUT2D eigenvalue weighted by atomic mass is 10.0. The predicted octanol–water partition coefficient (Wildman–Crippen LogP) is 1.29. The van der Waals surface area contributed by atoms with E-state index in [1.165, 1.54) is 25.7 Å². The zero-order valence-electron chi connectivity index (χ0n) is 9.64. The maximum atomic E-state index is 11.5. The van der Waals surface area contributed by atoms with Crippen molar-refractivity contribution in [1.82, 2.24) is 10.6 Å². The first-order valence-electron chi connectivity index (χ1n) is 6.18. The van der Waals surface area contributed by atoms with Crippen LogP contribution in [-0.4, -0.2) is 26.0 Å². The summed E-state index contributed by atoms with van der Waals surface area (Å²) in [6.45, 7) is 1.87. The van der Waals surface area contributed by atoms with E-state index in [1.54, 1.807) is 0 Å². The number of carbonyl (C=O) groups excluding carboxylic acids is 1. The maximum absolute atomic E-state index is 11.5. The Hall–Kier alpha value is -0.570. The van der Waals surface area contributed by atoms with Crippen LogP contribution in [0.2, 0.25) is 0 Å². The van der Waals surface area contributed by atoms with Crippen molar-refractivity contribution in [3.8, 4) is 0 Å². The Morgan fingerprint density at radius 1 is 1.40 bits per heavy atom. The van der Waals surface area contributed by atoms with Gasteiger partial charge in [0, 0.05) is 13.0 Å². The van der Waals surface area contributed by atoms with Gasteiger partial charge in [-0.15, -0.1) is 0 Å². The van der Waals surface area contributed by atoms with Crippen LogP contribution >= 0.6 is 0 Å². The fourth-order valence-corrected chi connectivity index (χ4v) is 2.37. The molecule has 0 aliphatic heterocycles. The molecule has 0 bridgehead atoms. The van der Waals surface area contributed by atoms with Gasteiger partial charge in [-0.3, -0.25) is 4.79 Å². The first kappa shape index (κ1) is 10.9. The van der Waals surface area contributed by atoms with E-state index in [2.05, 4.69) is 10.6 Å². The fourth-order valence-electron chi connectivity index (χ4n) is 2.37. The fraction of sp³-hybridized carbons (Fsp3) is 0.917. The standard InChI is InChI=1S/C12H22N2O/c1-13-8-2-3-11(15)14-9-12(6-7-12)10-4-5-10/h10,13H,2-9H2,1H3,(H,14,15). The zero-order valence-corrected chi connectivity index (χ0v) is 9.64. The van der Waals surface area contributed by atoms with E-state index in [-0.39, 0.29) is 5.91 Å². The van der Waals surface area contributed by atoms with E-state index in [4.69, 9.17) is 0 Å². The molecular weight excluding hydrogens is 188 g/mol. The summed E-state index contributed by atoms with van der Waals surface area (Å²) in [5, 5.41) is 6.15. The molecule has 2 fully saturated rings. The van der Waals surface area contributed by atoms with Gasteiger partial charge in [0.2, 0.25) is 5.91 Å². The quantitative estimate of drug-likeness (QED) is 0.622. The van der Waals surface area contributed by atoms with Gasteiger partial charge in [0.15, 0.2) is 0 Å². The monoisotopic (exact) mass is 210 g/mol. The van der Waals surface area contributed by atoms with Crippen molar-refractivity contribution >= 4 is 5.91 Å². The number of rotatable bonds is 7. The molecule has 2 saturated carbocycles. The van der Waals surface area contributed by atoms with Crippen LogP contribution in [0.1, 0.15) is 38.5 Å². The Labute approximate surface area is 92.0 Å². The molecule has 0 aromatic carbocycles. The molecule has 15 heavy (non-hydrogen) atoms. The molecule has 0 radical (unpaired) electrons. The van der Waals surface area contributed by atoms with Crippen LogP contribution in [0.25, 0.3) is 0 Å². The predicted molar refractivity (Wildman–Crippen MR) is 60.6 cm³/mol. The van der Waals surface area contributed by atoms with Gasteiger partial charge in [0.25, 0.3) is 0 Å². The SMILES string of the molecule is CNCCCC(=O)NCC1(C2CC2)CC1. The van der Waals surface area contributed by atoms with Crippen LogP contribution in [0, 0.1) is 11.3 Å². The normalized spacial score (nSPS) is 22.5. The molecule has 0 spiro atoms. The molecule has 1 amide bonds. The first-order chi connectivity index (χ1) is 7.27. The van der Waals surface area contributed by atoms with Crippen LogP contribution in [0.4, 0.5) is 0 Å². The molecule has 0 aromatic heterocycles. The highest BCUT2D eigenvalue weighted by Crippen LogP contribution is 2.60. The summed E-state index contributed by atoms with van der Waals surface area (Å²) >= 11 is 0. The van der Waals surface area contributed by atoms with Gasteiger partial charge in [-0.2, -0.15) is 0 Å². The minimum absolute atomic E-state index is 0.233. The molecular formula is C12H22N2O. The number of amides is 1. The van der Waals surface area contributed by atoms with E-state index < -0.39 is 0 Å². The van der Waals surface area contributed by atoms with Crippen LogP contribution in [0.3, 0.4) is 0 Å². The average molecular weight is 210 g/mol. The molecule has 3 nitrogen and oxygen atoms in total. The summed E-state index contributed by atoms with van der Waals surface area (Å²) in [6, 6.07) is 0. The van der Waals surface area contributed by atoms with Crippen molar-refractivity contribution in [3.63, 3.8) is 0 Å². The molecule has 2 rings (SSSR count). The first-order valence-corrected chi connectivity index (χ1v) is 6.18. The Bertz CT molecular complexity index is 232. The van der Waals surface area contributed by atoms with Crippen LogP contribution in [0.5, 0.6) is 0 Å². The lowest BCUT2D eigenvalue weighted by molar-refractivity contribution is -0.121. The second-order valence-corrected chi connectivity index (χ2v) is 5.12. The molecule has 0 unspecified atom stereocenters. The van der Waals surface area contributed by atoms with Gasteiger partial charge in [0.1, 0.15) is 0 Å². The highest BCUT2D eigenvalue weighted by atomic mass is 16.1. The summed E-state index contributed by atoms with van der Waals surface area (Å²) in [5.74, 6) is 1.17. The second kappa shape index (κ2) is 4.52. The smallest absolute Gasteiger partial charge is 0.220 e. The summed E-state index contributed by atoms with van der Waals surface area (Å²) < 4.78 is 0. The van der Waals surface area contributed by atoms with Crippen molar-refractivity contribution in [2.75, 3.05) is 20.1 Å². The van der Waals surface area contributed by atoms with Crippen LogP contribution < -0.4 is 10.6 Å². The van der Waals surface area contributed by atoms with Gasteiger partial charge in [-0.25, -0.2) is 0 Å². The number of hydrogen-bond acceptors (Lipinski definition) is 2. The van der Waals surface area contributed by atoms with Crippen LogP contribution in [-0.2, 0) is 4.79 Å². The van der Waals surface area contributed by atoms with E-state index in [0.29, 0.717) is 11.8 Å². The summed E-state index contributed by atoms with van der Waals surface area (Å²) in [7, 11) is 1.92. The molecule has 2 aliphatic rings. The van der Waals surface area contributed by atoms with Crippen molar-refractivity contribution in [3.05, 3.63) is 0 Å². The largest absolute Gasteiger partial charge is 0.356 e. The molecule has 0 saturated heterocycles. The Balaban J connectivity index is 1.58. The zero-order chi connectivity index (χ0) is 10.7. The highest BCUT2D eigenvalue weighted by molar-refractivity contribution is 5.75. The summed E-state index contributed by atoms with van der Waals surface area (Å²) in [5.41, 5.74) is 0.540. The lowest BCUT2D eigenvalue weighted by Crippen LogP contribution is -2.31. The minimum Gasteiger partial charge on any atom is -0.356 e. The highest BCUT2D eigenvalue weighted by Gasteiger charge is 2.53. The minimum atomic E-state index is 0.233. The molecule has 3 heteroatoms. The third-order valence-electron chi connectivity index (χ3n) is 3.80. The molecule has 2 aliphatic carbocycles. The van der Waals surface area contributed by atoms with Gasteiger partial charge in [-0.05, 0) is 57.0 Å². The molecule has 86 valence electrons. The van der Waals surface area contributed by atoms with E-state index in [9.17, 15) is 4.79 Å². The third-order valence-corrected chi connectivity index (χ3v) is 3.80. The Morgan fingerprint density at radius 2 is 2.13 bits per heavy atom. The Kier molecular flexibility index (Phi) is 3.29. The number of carbonyl (C=O) groups is 1. The van der Waals surface area contributed by atoms with Crippen molar-refractivity contribution in [2.24, 2.45) is 11.3 Å². The van der Waals surface area contributed by atoms with Crippen molar-refractivity contribution in [2.45, 2.75) is 38.5 Å². The second-order valence-electron chi connectivity index (χ2n) is 5.12. The van der Waals surface area contributed by atoms with Gasteiger partial charge >= 0.3 is 0 Å².